The fourth-order valence-electron chi connectivity index (χ4n) is 4.70. The van der Waals surface area contributed by atoms with E-state index in [2.05, 4.69) is 10.1 Å². The van der Waals surface area contributed by atoms with Crippen LogP contribution in [0.1, 0.15) is 42.6 Å². The average Bonchev–Trinajstić information content (AvgIpc) is 3.49. The number of carbonyl (C=O) groups excluding carboxylic acids is 3. The molecule has 2 N–H and O–H groups in total. The molecule has 1 aliphatic heterocycles. The van der Waals surface area contributed by atoms with Gasteiger partial charge in [-0.2, -0.15) is 5.10 Å². The van der Waals surface area contributed by atoms with E-state index < -0.39 is 16.3 Å². The maximum atomic E-state index is 13.2. The highest BCUT2D eigenvalue weighted by molar-refractivity contribution is 6.50. The number of hydrogen-bond acceptors (Lipinski definition) is 5. The maximum Gasteiger partial charge on any atom is 0.269 e. The molecule has 0 spiro atoms. The predicted molar refractivity (Wildman–Crippen MR) is 110 cm³/mol. The molecule has 2 aromatic heterocycles. The molecule has 3 aliphatic rings. The van der Waals surface area contributed by atoms with Crippen molar-refractivity contribution >= 4 is 51.7 Å². The van der Waals surface area contributed by atoms with Gasteiger partial charge >= 0.3 is 0 Å². The maximum absolute atomic E-state index is 13.2. The van der Waals surface area contributed by atoms with Gasteiger partial charge < -0.3 is 10.6 Å². The summed E-state index contributed by atoms with van der Waals surface area (Å²) in [6.07, 6.45) is 6.47. The van der Waals surface area contributed by atoms with Crippen molar-refractivity contribution in [3.63, 3.8) is 0 Å². The van der Waals surface area contributed by atoms with Crippen LogP contribution < -0.4 is 5.73 Å². The molecule has 1 saturated heterocycles. The van der Waals surface area contributed by atoms with E-state index in [1.54, 1.807) is 23.4 Å². The number of fused-ring (bicyclic) bond motifs is 2. The molecule has 2 amide bonds. The lowest BCUT2D eigenvalue weighted by Crippen LogP contribution is -2.44. The number of nitrogens with two attached hydrogens (primary N) is 1. The van der Waals surface area contributed by atoms with Gasteiger partial charge in [-0.25, -0.2) is 0 Å². The highest BCUT2D eigenvalue weighted by atomic mass is 35.5. The zero-order valence-electron chi connectivity index (χ0n) is 16.1. The Balaban J connectivity index is 1.32. The standard InChI is InChI=1S/C20H21Cl2N5O3/c21-20(22)7-11(20)1-2-16(28)14-6-10-5-13(10)27(14)17(29)9-26-15-8-24-4-3-12(15)18(25-26)19(23)30/h3-4,8,10-11,13-14H,1-2,5-7,9H2,(H2,23,30)/t10-,11+,13-,14+/m1/s1. The Morgan fingerprint density at radius 3 is 2.73 bits per heavy atom. The highest BCUT2D eigenvalue weighted by Gasteiger charge is 2.56. The molecule has 0 radical (unpaired) electrons. The summed E-state index contributed by atoms with van der Waals surface area (Å²) < 4.78 is 0.752. The number of aromatic nitrogens is 3. The summed E-state index contributed by atoms with van der Waals surface area (Å²) in [7, 11) is 0. The van der Waals surface area contributed by atoms with E-state index >= 15 is 0 Å². The van der Waals surface area contributed by atoms with Crippen LogP contribution in [0.25, 0.3) is 10.9 Å². The van der Waals surface area contributed by atoms with Gasteiger partial charge in [0.15, 0.2) is 11.5 Å². The molecule has 3 fully saturated rings. The van der Waals surface area contributed by atoms with E-state index in [1.807, 2.05) is 0 Å². The van der Waals surface area contributed by atoms with E-state index in [9.17, 15) is 14.4 Å². The van der Waals surface area contributed by atoms with E-state index in [1.165, 1.54) is 4.68 Å². The van der Waals surface area contributed by atoms with E-state index in [-0.39, 0.29) is 35.9 Å². The number of alkyl halides is 2. The van der Waals surface area contributed by atoms with Gasteiger partial charge in [0.05, 0.1) is 17.8 Å². The molecular weight excluding hydrogens is 429 g/mol. The first-order chi connectivity index (χ1) is 14.3. The molecule has 4 atom stereocenters. The van der Waals surface area contributed by atoms with E-state index in [0.717, 1.165) is 6.42 Å². The van der Waals surface area contributed by atoms with Crippen molar-refractivity contribution in [2.45, 2.75) is 55.1 Å². The molecule has 2 aromatic rings. The molecule has 0 unspecified atom stereocenters. The minimum absolute atomic E-state index is 0.0661. The van der Waals surface area contributed by atoms with Gasteiger partial charge in [-0.15, -0.1) is 23.2 Å². The number of ketones is 1. The molecule has 10 heteroatoms. The third-order valence-electron chi connectivity index (χ3n) is 6.53. The lowest BCUT2D eigenvalue weighted by Gasteiger charge is -2.27. The van der Waals surface area contributed by atoms with Crippen LogP contribution in [0.2, 0.25) is 0 Å². The summed E-state index contributed by atoms with van der Waals surface area (Å²) >= 11 is 12.1. The number of halogens is 2. The number of carbonyl (C=O) groups is 3. The van der Waals surface area contributed by atoms with Crippen LogP contribution in [0, 0.1) is 11.8 Å². The fraction of sp³-hybridized carbons (Fsp3) is 0.550. The van der Waals surface area contributed by atoms with Gasteiger partial charge in [-0.3, -0.25) is 24.0 Å². The van der Waals surface area contributed by atoms with Crippen molar-refractivity contribution in [2.24, 2.45) is 17.6 Å². The van der Waals surface area contributed by atoms with Crippen LogP contribution in [0.4, 0.5) is 0 Å². The van der Waals surface area contributed by atoms with Gasteiger partial charge in [-0.05, 0) is 43.6 Å². The molecule has 8 nitrogen and oxygen atoms in total. The Kier molecular flexibility index (Phi) is 4.56. The van der Waals surface area contributed by atoms with Crippen molar-refractivity contribution in [3.8, 4) is 0 Å². The summed E-state index contributed by atoms with van der Waals surface area (Å²) in [6, 6.07) is 1.35. The molecule has 0 bridgehead atoms. The number of rotatable bonds is 7. The van der Waals surface area contributed by atoms with Crippen LogP contribution in [0.5, 0.6) is 0 Å². The summed E-state index contributed by atoms with van der Waals surface area (Å²) in [5.74, 6) is -0.237. The second-order valence-corrected chi connectivity index (χ2v) is 10.1. The number of likely N-dealkylation sites (tertiary alicyclic amines) is 1. The first-order valence-corrected chi connectivity index (χ1v) is 10.8. The quantitative estimate of drug-likeness (QED) is 0.650. The lowest BCUT2D eigenvalue weighted by atomic mass is 10.0. The first kappa shape index (κ1) is 19.8. The Morgan fingerprint density at radius 2 is 2.03 bits per heavy atom. The normalized spacial score (nSPS) is 28.4. The minimum atomic E-state index is -0.694. The Labute approximate surface area is 182 Å². The number of piperidine rings is 1. The number of pyridine rings is 1. The summed E-state index contributed by atoms with van der Waals surface area (Å²) in [6.45, 7) is -0.0719. The van der Waals surface area contributed by atoms with Crippen molar-refractivity contribution in [2.75, 3.05) is 0 Å². The number of nitrogens with zero attached hydrogens (tertiary/aromatic N) is 4. The molecular formula is C20H21Cl2N5O3. The van der Waals surface area contributed by atoms with Gasteiger partial charge in [-0.1, -0.05) is 0 Å². The van der Waals surface area contributed by atoms with Crippen molar-refractivity contribution in [3.05, 3.63) is 24.2 Å². The van der Waals surface area contributed by atoms with Gasteiger partial charge in [0.2, 0.25) is 5.91 Å². The predicted octanol–water partition coefficient (Wildman–Crippen LogP) is 2.06. The monoisotopic (exact) mass is 449 g/mol. The smallest absolute Gasteiger partial charge is 0.269 e. The Morgan fingerprint density at radius 1 is 1.27 bits per heavy atom. The third kappa shape index (κ3) is 3.36. The van der Waals surface area contributed by atoms with Crippen LogP contribution in [-0.2, 0) is 16.1 Å². The lowest BCUT2D eigenvalue weighted by molar-refractivity contribution is -0.139. The van der Waals surface area contributed by atoms with E-state index in [0.29, 0.717) is 42.5 Å². The fourth-order valence-corrected chi connectivity index (χ4v) is 5.29. The minimum Gasteiger partial charge on any atom is -0.364 e. The Hall–Kier alpha value is -2.19. The Bertz CT molecular complexity index is 1070. The molecule has 2 aliphatic carbocycles. The van der Waals surface area contributed by atoms with E-state index in [4.69, 9.17) is 28.9 Å². The third-order valence-corrected chi connectivity index (χ3v) is 7.46. The number of amides is 2. The van der Waals surface area contributed by atoms with Gasteiger partial charge in [0.25, 0.3) is 5.91 Å². The highest BCUT2D eigenvalue weighted by Crippen LogP contribution is 2.55. The SMILES string of the molecule is NC(=O)c1nn(CC(=O)N2[C@@H]3C[C@@H]3C[C@H]2C(=O)CC[C@H]2CC2(Cl)Cl)c2cnccc12. The first-order valence-electron chi connectivity index (χ1n) is 10.1. The van der Waals surface area contributed by atoms with Crippen LogP contribution >= 0.6 is 23.2 Å². The molecule has 3 heterocycles. The summed E-state index contributed by atoms with van der Waals surface area (Å²) in [5, 5.41) is 4.79. The topological polar surface area (TPSA) is 111 Å². The molecule has 158 valence electrons. The van der Waals surface area contributed by atoms with Crippen molar-refractivity contribution in [1.82, 2.24) is 19.7 Å². The molecule has 0 aromatic carbocycles. The van der Waals surface area contributed by atoms with Gasteiger partial charge in [0, 0.05) is 24.0 Å². The van der Waals surface area contributed by atoms with Crippen molar-refractivity contribution in [1.29, 1.82) is 0 Å². The van der Waals surface area contributed by atoms with Crippen LogP contribution in [0.15, 0.2) is 18.5 Å². The number of primary amides is 1. The zero-order valence-corrected chi connectivity index (χ0v) is 17.6. The van der Waals surface area contributed by atoms with Crippen LogP contribution in [0.3, 0.4) is 0 Å². The second kappa shape index (κ2) is 6.92. The molecule has 5 rings (SSSR count). The average molecular weight is 450 g/mol. The molecule has 30 heavy (non-hydrogen) atoms. The largest absolute Gasteiger partial charge is 0.364 e. The number of Topliss-reactive ketones (excluding diaryl/α,β-unsaturated/α-hetero) is 1. The second-order valence-electron chi connectivity index (χ2n) is 8.55. The van der Waals surface area contributed by atoms with Crippen LogP contribution in [-0.4, -0.2) is 53.7 Å². The summed E-state index contributed by atoms with van der Waals surface area (Å²) in [4.78, 5) is 43.5. The molecule has 2 saturated carbocycles. The number of hydrogen-bond donors (Lipinski definition) is 1. The van der Waals surface area contributed by atoms with Crippen molar-refractivity contribution < 1.29 is 14.4 Å². The zero-order chi connectivity index (χ0) is 21.2. The summed E-state index contributed by atoms with van der Waals surface area (Å²) in [5.41, 5.74) is 6.09. The van der Waals surface area contributed by atoms with Gasteiger partial charge in [0.1, 0.15) is 10.9 Å².